The van der Waals surface area contributed by atoms with E-state index in [2.05, 4.69) is 17.9 Å². The molecule has 72 valence electrons. The van der Waals surface area contributed by atoms with Crippen LogP contribution < -0.4 is 5.73 Å². The van der Waals surface area contributed by atoms with Gasteiger partial charge in [0.05, 0.1) is 0 Å². The molecule has 0 saturated heterocycles. The Balaban J connectivity index is 2.28. The van der Waals surface area contributed by atoms with Gasteiger partial charge in [-0.1, -0.05) is 11.6 Å². The van der Waals surface area contributed by atoms with Crippen LogP contribution in [-0.4, -0.2) is 6.04 Å². The zero-order valence-electron chi connectivity index (χ0n) is 8.47. The highest BCUT2D eigenvalue weighted by Gasteiger charge is 2.07. The third-order valence-electron chi connectivity index (χ3n) is 2.45. The summed E-state index contributed by atoms with van der Waals surface area (Å²) in [6, 6.07) is 0.247. The molecule has 1 unspecified atom stereocenters. The van der Waals surface area contributed by atoms with Gasteiger partial charge in [-0.25, -0.2) is 0 Å². The van der Waals surface area contributed by atoms with Gasteiger partial charge >= 0.3 is 0 Å². The van der Waals surface area contributed by atoms with Crippen LogP contribution in [0.25, 0.3) is 0 Å². The molecule has 0 radical (unpaired) electrons. The monoisotopic (exact) mass is 177 g/mol. The van der Waals surface area contributed by atoms with Gasteiger partial charge in [0.15, 0.2) is 0 Å². The van der Waals surface area contributed by atoms with Crippen molar-refractivity contribution in [2.24, 2.45) is 5.73 Å². The molecule has 1 nitrogen and oxygen atoms in total. The Labute approximate surface area is 81.4 Å². The fraction of sp³-hybridized carbons (Fsp3) is 0.667. The van der Waals surface area contributed by atoms with Crippen molar-refractivity contribution in [1.82, 2.24) is 0 Å². The lowest BCUT2D eigenvalue weighted by Gasteiger charge is -2.15. The Kier molecular flexibility index (Phi) is 4.64. The number of hydrogen-bond donors (Lipinski definition) is 1. The van der Waals surface area contributed by atoms with Crippen molar-refractivity contribution in [2.45, 2.75) is 51.5 Å². The van der Waals surface area contributed by atoms with Gasteiger partial charge in [-0.05, 0) is 39.0 Å². The minimum Gasteiger partial charge on any atom is -0.327 e. The van der Waals surface area contributed by atoms with E-state index in [-0.39, 0.29) is 6.04 Å². The quantitative estimate of drug-likeness (QED) is 0.520. The highest BCUT2D eigenvalue weighted by molar-refractivity contribution is 5.08. The third kappa shape index (κ3) is 4.15. The number of rotatable bonds is 3. The summed E-state index contributed by atoms with van der Waals surface area (Å²) in [5.74, 6) is 5.92. The maximum atomic E-state index is 5.95. The van der Waals surface area contributed by atoms with Gasteiger partial charge in [-0.2, -0.15) is 0 Å². The lowest BCUT2D eigenvalue weighted by molar-refractivity contribution is 0.617. The molecule has 0 aromatic carbocycles. The van der Waals surface area contributed by atoms with Crippen LogP contribution in [0.3, 0.4) is 0 Å². The summed E-state index contributed by atoms with van der Waals surface area (Å²) in [6.07, 6.45) is 9.46. The van der Waals surface area contributed by atoms with Crippen molar-refractivity contribution in [3.8, 4) is 11.8 Å². The largest absolute Gasteiger partial charge is 0.327 e. The molecule has 0 heterocycles. The number of allylic oxidation sites excluding steroid dienone is 1. The molecule has 1 heteroatoms. The van der Waals surface area contributed by atoms with Gasteiger partial charge in [-0.3, -0.25) is 0 Å². The molecule has 1 aliphatic rings. The molecule has 1 rings (SSSR count). The Bertz CT molecular complexity index is 229. The fourth-order valence-corrected chi connectivity index (χ4v) is 1.73. The first-order valence-electron chi connectivity index (χ1n) is 5.16. The van der Waals surface area contributed by atoms with Crippen molar-refractivity contribution in [3.63, 3.8) is 0 Å². The van der Waals surface area contributed by atoms with Gasteiger partial charge in [-0.15, -0.1) is 11.8 Å². The minimum absolute atomic E-state index is 0.247. The first kappa shape index (κ1) is 10.3. The first-order chi connectivity index (χ1) is 6.33. The lowest BCUT2D eigenvalue weighted by Crippen LogP contribution is -2.20. The standard InChI is InChI=1S/C12H19N/c1-2-3-9-12(13)10-11-7-5-4-6-8-11/h7,12H,4-6,8-10,13H2,1H3. The van der Waals surface area contributed by atoms with Crippen LogP contribution in [0.5, 0.6) is 0 Å². The summed E-state index contributed by atoms with van der Waals surface area (Å²) < 4.78 is 0. The molecule has 0 aromatic rings. The third-order valence-corrected chi connectivity index (χ3v) is 2.45. The second-order valence-corrected chi connectivity index (χ2v) is 3.70. The molecule has 2 N–H and O–H groups in total. The van der Waals surface area contributed by atoms with E-state index in [9.17, 15) is 0 Å². The zero-order valence-corrected chi connectivity index (χ0v) is 8.47. The topological polar surface area (TPSA) is 26.0 Å². The smallest absolute Gasteiger partial charge is 0.0244 e. The van der Waals surface area contributed by atoms with Crippen molar-refractivity contribution in [2.75, 3.05) is 0 Å². The van der Waals surface area contributed by atoms with Crippen LogP contribution in [0, 0.1) is 11.8 Å². The summed E-state index contributed by atoms with van der Waals surface area (Å²) in [4.78, 5) is 0. The van der Waals surface area contributed by atoms with Crippen LogP contribution in [-0.2, 0) is 0 Å². The normalized spacial score (nSPS) is 18.5. The average molecular weight is 177 g/mol. The molecule has 0 aliphatic heterocycles. The molecule has 0 fully saturated rings. The number of nitrogens with two attached hydrogens (primary N) is 1. The molecule has 0 saturated carbocycles. The lowest BCUT2D eigenvalue weighted by atomic mass is 9.94. The van der Waals surface area contributed by atoms with E-state index in [1.54, 1.807) is 5.57 Å². The first-order valence-corrected chi connectivity index (χ1v) is 5.16. The second-order valence-electron chi connectivity index (χ2n) is 3.70. The second kappa shape index (κ2) is 5.83. The molecular weight excluding hydrogens is 158 g/mol. The predicted molar refractivity (Wildman–Crippen MR) is 57.2 cm³/mol. The highest BCUT2D eigenvalue weighted by atomic mass is 14.6. The summed E-state index contributed by atoms with van der Waals surface area (Å²) >= 11 is 0. The Hall–Kier alpha value is -0.740. The van der Waals surface area contributed by atoms with E-state index in [1.807, 2.05) is 6.92 Å². The summed E-state index contributed by atoms with van der Waals surface area (Å²) in [5, 5.41) is 0. The van der Waals surface area contributed by atoms with Crippen molar-refractivity contribution < 1.29 is 0 Å². The van der Waals surface area contributed by atoms with E-state index in [0.29, 0.717) is 0 Å². The van der Waals surface area contributed by atoms with E-state index in [1.165, 1.54) is 25.7 Å². The molecule has 1 aliphatic carbocycles. The van der Waals surface area contributed by atoms with Crippen LogP contribution >= 0.6 is 0 Å². The molecule has 0 amide bonds. The predicted octanol–water partition coefficient (Wildman–Crippen LogP) is 2.62. The Morgan fingerprint density at radius 1 is 1.54 bits per heavy atom. The van der Waals surface area contributed by atoms with Gasteiger partial charge in [0, 0.05) is 12.5 Å². The molecule has 0 spiro atoms. The molecule has 0 aromatic heterocycles. The maximum Gasteiger partial charge on any atom is 0.0244 e. The van der Waals surface area contributed by atoms with E-state index in [4.69, 9.17) is 5.73 Å². The van der Waals surface area contributed by atoms with Gasteiger partial charge in [0.1, 0.15) is 0 Å². The maximum absolute atomic E-state index is 5.95. The SMILES string of the molecule is CC#CCC(N)CC1=CCCCC1. The van der Waals surface area contributed by atoms with Crippen LogP contribution in [0.2, 0.25) is 0 Å². The van der Waals surface area contributed by atoms with Gasteiger partial charge < -0.3 is 5.73 Å². The summed E-state index contributed by atoms with van der Waals surface area (Å²) in [5.41, 5.74) is 7.50. The summed E-state index contributed by atoms with van der Waals surface area (Å²) in [6.45, 7) is 1.87. The van der Waals surface area contributed by atoms with Gasteiger partial charge in [0.2, 0.25) is 0 Å². The zero-order chi connectivity index (χ0) is 9.52. The molecule has 0 bridgehead atoms. The van der Waals surface area contributed by atoms with Crippen molar-refractivity contribution in [3.05, 3.63) is 11.6 Å². The Morgan fingerprint density at radius 2 is 2.38 bits per heavy atom. The summed E-state index contributed by atoms with van der Waals surface area (Å²) in [7, 11) is 0. The van der Waals surface area contributed by atoms with E-state index >= 15 is 0 Å². The fourth-order valence-electron chi connectivity index (χ4n) is 1.73. The van der Waals surface area contributed by atoms with Crippen LogP contribution in [0.1, 0.15) is 45.4 Å². The number of hydrogen-bond acceptors (Lipinski definition) is 1. The van der Waals surface area contributed by atoms with Crippen molar-refractivity contribution in [1.29, 1.82) is 0 Å². The minimum atomic E-state index is 0.247. The average Bonchev–Trinajstić information content (AvgIpc) is 2.16. The highest BCUT2D eigenvalue weighted by Crippen LogP contribution is 2.21. The molecule has 13 heavy (non-hydrogen) atoms. The van der Waals surface area contributed by atoms with Crippen LogP contribution in [0.15, 0.2) is 11.6 Å². The van der Waals surface area contributed by atoms with Gasteiger partial charge in [0.25, 0.3) is 0 Å². The molecular formula is C12H19N. The van der Waals surface area contributed by atoms with E-state index in [0.717, 1.165) is 12.8 Å². The van der Waals surface area contributed by atoms with Crippen molar-refractivity contribution >= 4 is 0 Å². The molecule has 1 atom stereocenters. The Morgan fingerprint density at radius 3 is 3.00 bits per heavy atom. The van der Waals surface area contributed by atoms with Crippen LogP contribution in [0.4, 0.5) is 0 Å². The van der Waals surface area contributed by atoms with E-state index < -0.39 is 0 Å².